The molecule has 0 bridgehead atoms. The Bertz CT molecular complexity index is 1230. The van der Waals surface area contributed by atoms with Gasteiger partial charge >= 0.3 is 11.9 Å². The first kappa shape index (κ1) is 30.4. The number of hydrogen-bond acceptors (Lipinski definition) is 5. The monoisotopic (exact) mass is 578 g/mol. The number of hydrogen-bond donors (Lipinski definition) is 4. The van der Waals surface area contributed by atoms with Crippen LogP contribution in [0.15, 0.2) is 42.5 Å². The zero-order chi connectivity index (χ0) is 29.0. The quantitative estimate of drug-likeness (QED) is 0.297. The van der Waals surface area contributed by atoms with Crippen LogP contribution in [0.4, 0.5) is 5.69 Å². The second-order valence-corrected chi connectivity index (χ2v) is 11.4. The molecule has 0 aliphatic heterocycles. The predicted octanol–water partition coefficient (Wildman–Crippen LogP) is 4.90. The van der Waals surface area contributed by atoms with Gasteiger partial charge in [-0.2, -0.15) is 0 Å². The molecule has 3 atom stereocenters. The molecule has 2 unspecified atom stereocenters. The molecule has 0 spiro atoms. The molecule has 4 N–H and O–H groups in total. The first-order valence-corrected chi connectivity index (χ1v) is 13.2. The average molecular weight is 579 g/mol. The van der Waals surface area contributed by atoms with Crippen LogP contribution in [0.25, 0.3) is 0 Å². The highest BCUT2D eigenvalue weighted by Gasteiger charge is 2.54. The van der Waals surface area contributed by atoms with E-state index in [4.69, 9.17) is 33.0 Å². The highest BCUT2D eigenvalue weighted by atomic mass is 35.5. The number of carboxylic acids is 2. The van der Waals surface area contributed by atoms with Crippen LogP contribution in [-0.4, -0.2) is 53.2 Å². The summed E-state index contributed by atoms with van der Waals surface area (Å²) in [5.41, 5.74) is 0.264. The van der Waals surface area contributed by atoms with Crippen molar-refractivity contribution in [3.05, 3.63) is 63.6 Å². The van der Waals surface area contributed by atoms with Crippen molar-refractivity contribution in [3.63, 3.8) is 0 Å². The van der Waals surface area contributed by atoms with E-state index in [0.717, 1.165) is 0 Å². The van der Waals surface area contributed by atoms with Gasteiger partial charge in [0.2, 0.25) is 5.91 Å². The smallest absolute Gasteiger partial charge is 0.329 e. The molecule has 9 nitrogen and oxygen atoms in total. The van der Waals surface area contributed by atoms with E-state index < -0.39 is 47.2 Å². The van der Waals surface area contributed by atoms with Crippen LogP contribution in [0.3, 0.4) is 0 Å². The average Bonchev–Trinajstić information content (AvgIpc) is 3.07. The second kappa shape index (κ2) is 12.4. The summed E-state index contributed by atoms with van der Waals surface area (Å²) in [5, 5.41) is 24.5. The predicted molar refractivity (Wildman–Crippen MR) is 147 cm³/mol. The van der Waals surface area contributed by atoms with Crippen molar-refractivity contribution in [1.82, 2.24) is 5.32 Å². The number of rotatable bonds is 11. The van der Waals surface area contributed by atoms with Gasteiger partial charge in [0.15, 0.2) is 0 Å². The Morgan fingerprint density at radius 3 is 2.21 bits per heavy atom. The van der Waals surface area contributed by atoms with Crippen LogP contribution >= 0.6 is 23.2 Å². The summed E-state index contributed by atoms with van der Waals surface area (Å²) in [4.78, 5) is 48.7. The van der Waals surface area contributed by atoms with Crippen LogP contribution in [0.2, 0.25) is 10.0 Å². The molecule has 3 rings (SSSR count). The Kier molecular flexibility index (Phi) is 9.64. The van der Waals surface area contributed by atoms with Crippen molar-refractivity contribution in [2.75, 3.05) is 18.5 Å². The van der Waals surface area contributed by atoms with E-state index in [2.05, 4.69) is 10.6 Å². The van der Waals surface area contributed by atoms with Gasteiger partial charge in [0.05, 0.1) is 22.2 Å². The number of carbonyl (C=O) groups is 4. The van der Waals surface area contributed by atoms with E-state index in [1.165, 1.54) is 0 Å². The Balaban J connectivity index is 1.64. The van der Waals surface area contributed by atoms with E-state index in [1.807, 2.05) is 20.8 Å². The van der Waals surface area contributed by atoms with Crippen molar-refractivity contribution in [3.8, 4) is 0 Å². The fraction of sp³-hybridized carbons (Fsp3) is 0.429. The number of aliphatic carboxylic acids is 2. The number of benzene rings is 2. The number of carbonyl (C=O) groups excluding carboxylic acids is 2. The number of halogens is 2. The molecule has 1 saturated carbocycles. The van der Waals surface area contributed by atoms with Crippen molar-refractivity contribution in [1.29, 1.82) is 0 Å². The van der Waals surface area contributed by atoms with Gasteiger partial charge < -0.3 is 25.6 Å². The van der Waals surface area contributed by atoms with Crippen LogP contribution in [0, 0.1) is 16.7 Å². The summed E-state index contributed by atoms with van der Waals surface area (Å²) in [7, 11) is 0. The molecule has 0 heterocycles. The van der Waals surface area contributed by atoms with Crippen molar-refractivity contribution < 1.29 is 34.1 Å². The highest BCUT2D eigenvalue weighted by molar-refractivity contribution is 6.40. The van der Waals surface area contributed by atoms with Gasteiger partial charge in [-0.15, -0.1) is 0 Å². The lowest BCUT2D eigenvalue weighted by Gasteiger charge is -2.41. The summed E-state index contributed by atoms with van der Waals surface area (Å²) in [6, 6.07) is 10.2. The second-order valence-electron chi connectivity index (χ2n) is 10.6. The molecule has 1 aliphatic rings. The molecule has 0 radical (unpaired) electrons. The minimum atomic E-state index is -1.17. The molecule has 2 aromatic carbocycles. The zero-order valence-corrected chi connectivity index (χ0v) is 23.4. The van der Waals surface area contributed by atoms with Crippen molar-refractivity contribution in [2.24, 2.45) is 16.7 Å². The van der Waals surface area contributed by atoms with Crippen molar-refractivity contribution >= 4 is 52.6 Å². The number of amides is 2. The first-order chi connectivity index (χ1) is 18.2. The number of anilines is 1. The summed E-state index contributed by atoms with van der Waals surface area (Å²) in [6.45, 7) is 5.57. The molecule has 0 saturated heterocycles. The van der Waals surface area contributed by atoms with E-state index in [0.29, 0.717) is 24.1 Å². The summed E-state index contributed by atoms with van der Waals surface area (Å²) in [6.07, 6.45) is 1.21. The molecule has 39 heavy (non-hydrogen) atoms. The maximum atomic E-state index is 13.2. The number of carboxylic acid groups (broad SMARTS) is 2. The molecule has 2 amide bonds. The molecular weight excluding hydrogens is 547 g/mol. The van der Waals surface area contributed by atoms with Crippen LogP contribution < -0.4 is 10.6 Å². The van der Waals surface area contributed by atoms with Crippen LogP contribution in [-0.2, 0) is 25.5 Å². The van der Waals surface area contributed by atoms with E-state index in [1.54, 1.807) is 42.5 Å². The van der Waals surface area contributed by atoms with Gasteiger partial charge in [-0.1, -0.05) is 62.2 Å². The Hall–Kier alpha value is -3.14. The fourth-order valence-electron chi connectivity index (χ4n) is 4.99. The normalized spacial score (nSPS) is 20.7. The van der Waals surface area contributed by atoms with Gasteiger partial charge in [-0.3, -0.25) is 9.59 Å². The zero-order valence-electron chi connectivity index (χ0n) is 21.9. The molecule has 0 aromatic heterocycles. The molecule has 210 valence electrons. The van der Waals surface area contributed by atoms with Gasteiger partial charge in [0.1, 0.15) is 12.6 Å². The van der Waals surface area contributed by atoms with Gasteiger partial charge in [-0.25, -0.2) is 9.59 Å². The molecule has 1 aliphatic carbocycles. The van der Waals surface area contributed by atoms with Crippen LogP contribution in [0.1, 0.15) is 49.5 Å². The third-order valence-corrected chi connectivity index (χ3v) is 8.46. The highest BCUT2D eigenvalue weighted by Crippen LogP contribution is 2.56. The van der Waals surface area contributed by atoms with Gasteiger partial charge in [0.25, 0.3) is 5.91 Å². The van der Waals surface area contributed by atoms with Gasteiger partial charge in [-0.05, 0) is 53.5 Å². The summed E-state index contributed by atoms with van der Waals surface area (Å²) >= 11 is 12.2. The topological polar surface area (TPSA) is 142 Å². The fourth-order valence-corrected chi connectivity index (χ4v) is 5.56. The van der Waals surface area contributed by atoms with Crippen LogP contribution in [0.5, 0.6) is 0 Å². The number of ether oxygens (including phenoxy) is 1. The molecule has 11 heteroatoms. The molecule has 2 aromatic rings. The minimum Gasteiger partial charge on any atom is -0.480 e. The maximum Gasteiger partial charge on any atom is 0.329 e. The largest absolute Gasteiger partial charge is 0.480 e. The maximum absolute atomic E-state index is 13.2. The SMILES string of the molecule is CC1(COCC(=O)O)CCC(C(=O)N[C@@H](Cc2ccc(NC(=O)c3c(Cl)cccc3Cl)cc2)C(=O)O)C1(C)C. The lowest BCUT2D eigenvalue weighted by molar-refractivity contribution is -0.145. The third kappa shape index (κ3) is 7.09. The van der Waals surface area contributed by atoms with E-state index in [-0.39, 0.29) is 34.5 Å². The number of nitrogens with one attached hydrogen (secondary N) is 2. The van der Waals surface area contributed by atoms with Gasteiger partial charge in [0, 0.05) is 18.0 Å². The Morgan fingerprint density at radius 1 is 1.03 bits per heavy atom. The van der Waals surface area contributed by atoms with E-state index >= 15 is 0 Å². The Labute approximate surface area is 236 Å². The molecule has 1 fully saturated rings. The van der Waals surface area contributed by atoms with Crippen molar-refractivity contribution in [2.45, 2.75) is 46.1 Å². The summed E-state index contributed by atoms with van der Waals surface area (Å²) in [5.74, 6) is -3.54. The lowest BCUT2D eigenvalue weighted by Crippen LogP contribution is -2.49. The first-order valence-electron chi connectivity index (χ1n) is 12.4. The van der Waals surface area contributed by atoms with E-state index in [9.17, 15) is 24.3 Å². The third-order valence-electron chi connectivity index (χ3n) is 7.83. The standard InChI is InChI=1S/C28H32Cl2N2O7/c1-27(2)18(11-12-28(27,3)15-39-14-22(33)34)24(35)32-21(26(37)38)13-16-7-9-17(10-8-16)31-25(36)23-19(29)5-4-6-20(23)30/h4-10,18,21H,11-15H2,1-3H3,(H,31,36)(H,32,35)(H,33,34)(H,37,38)/t18?,21-,28?/m0/s1. The minimum absolute atomic E-state index is 0.0395. The molecular formula is C28H32Cl2N2O7. The Morgan fingerprint density at radius 2 is 1.64 bits per heavy atom. The summed E-state index contributed by atoms with van der Waals surface area (Å²) < 4.78 is 5.35. The lowest BCUT2D eigenvalue weighted by atomic mass is 9.66.